The summed E-state index contributed by atoms with van der Waals surface area (Å²) >= 11 is 0. The number of ether oxygens (including phenoxy) is 1. The maximum absolute atomic E-state index is 5.11. The van der Waals surface area contributed by atoms with Crippen LogP contribution in [-0.4, -0.2) is 27.7 Å². The molecule has 1 saturated heterocycles. The second-order valence-corrected chi connectivity index (χ2v) is 2.70. The van der Waals surface area contributed by atoms with Crippen molar-refractivity contribution in [2.45, 2.75) is 26.0 Å². The van der Waals surface area contributed by atoms with Crippen LogP contribution in [0.2, 0.25) is 0 Å². The Kier molecular flexibility index (Phi) is 1.62. The lowest BCUT2D eigenvalue weighted by molar-refractivity contribution is 0.402. The van der Waals surface area contributed by atoms with Gasteiger partial charge in [-0.1, -0.05) is 5.21 Å². The lowest BCUT2D eigenvalue weighted by atomic mass is 10.2. The highest BCUT2D eigenvalue weighted by atomic mass is 16.6. The molecule has 1 aliphatic heterocycles. The number of hydrogen-bond donors (Lipinski definition) is 0. The molecule has 1 fully saturated rings. The fourth-order valence-electron chi connectivity index (χ4n) is 1.12. The van der Waals surface area contributed by atoms with Crippen molar-refractivity contribution in [1.29, 1.82) is 0 Å². The number of aromatic nitrogens is 3. The van der Waals surface area contributed by atoms with E-state index in [9.17, 15) is 0 Å². The molecule has 0 aliphatic carbocycles. The van der Waals surface area contributed by atoms with E-state index in [4.69, 9.17) is 4.74 Å². The molecule has 0 bridgehead atoms. The van der Waals surface area contributed by atoms with Gasteiger partial charge in [0.25, 0.3) is 0 Å². The van der Waals surface area contributed by atoms with Gasteiger partial charge in [0.2, 0.25) is 0 Å². The van der Waals surface area contributed by atoms with E-state index in [1.165, 1.54) is 5.69 Å². The highest BCUT2D eigenvalue weighted by Crippen LogP contribution is 2.14. The molecule has 1 aromatic heterocycles. The first-order chi connectivity index (χ1) is 5.40. The first-order valence-electron chi connectivity index (χ1n) is 3.89. The fraction of sp³-hybridized carbons (Fsp3) is 0.714. The van der Waals surface area contributed by atoms with Gasteiger partial charge in [-0.3, -0.25) is 0 Å². The normalized spacial score (nSPS) is 22.1. The third kappa shape index (κ3) is 1.40. The van der Waals surface area contributed by atoms with Crippen molar-refractivity contribution in [2.24, 2.45) is 0 Å². The van der Waals surface area contributed by atoms with Crippen molar-refractivity contribution >= 4 is 0 Å². The Balaban J connectivity index is 2.07. The van der Waals surface area contributed by atoms with Gasteiger partial charge >= 0.3 is 0 Å². The van der Waals surface area contributed by atoms with Crippen molar-refractivity contribution in [3.05, 3.63) is 11.9 Å². The zero-order valence-electron chi connectivity index (χ0n) is 6.53. The van der Waals surface area contributed by atoms with Crippen molar-refractivity contribution in [1.82, 2.24) is 15.0 Å². The molecule has 2 rings (SSSR count). The van der Waals surface area contributed by atoms with E-state index in [2.05, 4.69) is 17.2 Å². The molecule has 11 heavy (non-hydrogen) atoms. The lowest BCUT2D eigenvalue weighted by Gasteiger charge is -1.98. The highest BCUT2D eigenvalue weighted by molar-refractivity contribution is 4.98. The van der Waals surface area contributed by atoms with E-state index in [1.807, 2.05) is 10.9 Å². The smallest absolute Gasteiger partial charge is 0.0865 e. The number of rotatable bonds is 3. The topological polar surface area (TPSA) is 43.2 Å². The van der Waals surface area contributed by atoms with Crippen LogP contribution in [0.1, 0.15) is 12.6 Å². The highest BCUT2D eigenvalue weighted by Gasteiger charge is 2.24. The minimum Gasteiger partial charge on any atom is -0.373 e. The van der Waals surface area contributed by atoms with Crippen LogP contribution in [0.25, 0.3) is 0 Å². The van der Waals surface area contributed by atoms with E-state index in [-0.39, 0.29) is 0 Å². The summed E-state index contributed by atoms with van der Waals surface area (Å²) in [5, 5.41) is 7.76. The van der Waals surface area contributed by atoms with Gasteiger partial charge in [-0.2, -0.15) is 0 Å². The third-order valence-corrected chi connectivity index (χ3v) is 1.84. The molecule has 1 aliphatic rings. The van der Waals surface area contributed by atoms with E-state index in [1.54, 1.807) is 0 Å². The maximum atomic E-state index is 5.11. The molecule has 1 unspecified atom stereocenters. The van der Waals surface area contributed by atoms with Crippen LogP contribution < -0.4 is 0 Å². The zero-order chi connectivity index (χ0) is 7.68. The summed E-state index contributed by atoms with van der Waals surface area (Å²) < 4.78 is 7.02. The van der Waals surface area contributed by atoms with Gasteiger partial charge < -0.3 is 4.74 Å². The third-order valence-electron chi connectivity index (χ3n) is 1.84. The fourth-order valence-corrected chi connectivity index (χ4v) is 1.12. The van der Waals surface area contributed by atoms with Crippen molar-refractivity contribution in [3.63, 3.8) is 0 Å². The van der Waals surface area contributed by atoms with E-state index in [0.717, 1.165) is 19.6 Å². The average Bonchev–Trinajstić information content (AvgIpc) is 2.68. The van der Waals surface area contributed by atoms with Crippen LogP contribution in [0, 0.1) is 0 Å². The minimum absolute atomic E-state index is 0.429. The summed E-state index contributed by atoms with van der Waals surface area (Å²) in [4.78, 5) is 0. The van der Waals surface area contributed by atoms with E-state index < -0.39 is 0 Å². The molecule has 1 atom stereocenters. The molecule has 60 valence electrons. The Bertz CT molecular complexity index is 242. The first kappa shape index (κ1) is 6.79. The molecule has 0 saturated carbocycles. The summed E-state index contributed by atoms with van der Waals surface area (Å²) in [6, 6.07) is 0. The molecule has 4 heteroatoms. The van der Waals surface area contributed by atoms with Gasteiger partial charge in [-0.05, 0) is 6.92 Å². The summed E-state index contributed by atoms with van der Waals surface area (Å²) in [6.45, 7) is 3.85. The molecule has 1 aromatic rings. The Morgan fingerprint density at radius 1 is 1.82 bits per heavy atom. The second kappa shape index (κ2) is 2.62. The predicted molar refractivity (Wildman–Crippen MR) is 39.1 cm³/mol. The van der Waals surface area contributed by atoms with Gasteiger partial charge in [0.1, 0.15) is 0 Å². The molecular formula is C7H11N3O. The molecule has 4 nitrogen and oxygen atoms in total. The minimum atomic E-state index is 0.429. The Morgan fingerprint density at radius 2 is 2.64 bits per heavy atom. The second-order valence-electron chi connectivity index (χ2n) is 2.70. The lowest BCUT2D eigenvalue weighted by Crippen LogP contribution is -2.05. The van der Waals surface area contributed by atoms with Gasteiger partial charge in [0.05, 0.1) is 24.6 Å². The largest absolute Gasteiger partial charge is 0.373 e. The van der Waals surface area contributed by atoms with E-state index in [0.29, 0.717) is 6.10 Å². The molecule has 0 aromatic carbocycles. The quantitative estimate of drug-likeness (QED) is 0.584. The summed E-state index contributed by atoms with van der Waals surface area (Å²) in [7, 11) is 0. The van der Waals surface area contributed by atoms with Crippen LogP contribution in [0.5, 0.6) is 0 Å². The van der Waals surface area contributed by atoms with Crippen molar-refractivity contribution in [3.8, 4) is 0 Å². The monoisotopic (exact) mass is 153 g/mol. The SMILES string of the molecule is CCn1nncc1CC1CO1. The van der Waals surface area contributed by atoms with Gasteiger partial charge in [0.15, 0.2) is 0 Å². The summed E-state index contributed by atoms with van der Waals surface area (Å²) in [6.07, 6.45) is 3.20. The first-order valence-corrected chi connectivity index (χ1v) is 3.89. The van der Waals surface area contributed by atoms with Crippen LogP contribution in [0.4, 0.5) is 0 Å². The van der Waals surface area contributed by atoms with Crippen LogP contribution >= 0.6 is 0 Å². The predicted octanol–water partition coefficient (Wildman–Crippen LogP) is 0.239. The molecule has 0 N–H and O–H groups in total. The van der Waals surface area contributed by atoms with Crippen molar-refractivity contribution in [2.75, 3.05) is 6.61 Å². The van der Waals surface area contributed by atoms with E-state index >= 15 is 0 Å². The Labute approximate surface area is 65.2 Å². The molecule has 0 spiro atoms. The standard InChI is InChI=1S/C7H11N3O/c1-2-10-6(4-8-9-10)3-7-5-11-7/h4,7H,2-3,5H2,1H3. The zero-order valence-corrected chi connectivity index (χ0v) is 6.53. The van der Waals surface area contributed by atoms with Crippen LogP contribution in [0.3, 0.4) is 0 Å². The average molecular weight is 153 g/mol. The van der Waals surface area contributed by atoms with Crippen LogP contribution in [0.15, 0.2) is 6.20 Å². The number of nitrogens with zero attached hydrogens (tertiary/aromatic N) is 3. The molecule has 0 radical (unpaired) electrons. The summed E-state index contributed by atoms with van der Waals surface area (Å²) in [5.41, 5.74) is 1.18. The molecular weight excluding hydrogens is 142 g/mol. The summed E-state index contributed by atoms with van der Waals surface area (Å²) in [5.74, 6) is 0. The Hall–Kier alpha value is -0.900. The van der Waals surface area contributed by atoms with Crippen LogP contribution in [-0.2, 0) is 17.7 Å². The molecule has 0 amide bonds. The Morgan fingerprint density at radius 3 is 3.27 bits per heavy atom. The van der Waals surface area contributed by atoms with Gasteiger partial charge in [0, 0.05) is 13.0 Å². The molecule has 2 heterocycles. The number of aryl methyl sites for hydroxylation is 1. The maximum Gasteiger partial charge on any atom is 0.0865 e. The number of epoxide rings is 1. The van der Waals surface area contributed by atoms with Crippen molar-refractivity contribution < 1.29 is 4.74 Å². The van der Waals surface area contributed by atoms with Gasteiger partial charge in [-0.25, -0.2) is 4.68 Å². The number of hydrogen-bond acceptors (Lipinski definition) is 3. The van der Waals surface area contributed by atoms with Gasteiger partial charge in [-0.15, -0.1) is 5.10 Å².